The fraction of sp³-hybridized carbons (Fsp3) is 0.333. The number of nitrogens with one attached hydrogen (secondary N) is 1. The average Bonchev–Trinajstić information content (AvgIpc) is 2.82. The number of halogens is 1. The van der Waals surface area contributed by atoms with Gasteiger partial charge in [-0.25, -0.2) is 0 Å². The van der Waals surface area contributed by atoms with E-state index in [9.17, 15) is 5.11 Å². The first-order valence-electron chi connectivity index (χ1n) is 4.51. The van der Waals surface area contributed by atoms with Gasteiger partial charge in [0.25, 0.3) is 0 Å². The van der Waals surface area contributed by atoms with Crippen LogP contribution in [-0.4, -0.2) is 25.1 Å². The minimum absolute atomic E-state index is 0.511. The van der Waals surface area contributed by atoms with Crippen molar-refractivity contribution in [3.63, 3.8) is 0 Å². The summed E-state index contributed by atoms with van der Waals surface area (Å²) >= 11 is 3.39. The van der Waals surface area contributed by atoms with Crippen LogP contribution in [0.3, 0.4) is 0 Å². The quantitative estimate of drug-likeness (QED) is 0.881. The van der Waals surface area contributed by atoms with Crippen molar-refractivity contribution in [3.05, 3.63) is 34.3 Å². The highest BCUT2D eigenvalue weighted by molar-refractivity contribution is 9.10. The van der Waals surface area contributed by atoms with Crippen LogP contribution in [0, 0.1) is 0 Å². The van der Waals surface area contributed by atoms with Crippen molar-refractivity contribution in [1.29, 1.82) is 0 Å². The molecule has 5 nitrogen and oxygen atoms in total. The topological polar surface area (TPSA) is 66.7 Å². The molecule has 0 aromatic carbocycles. The summed E-state index contributed by atoms with van der Waals surface area (Å²) in [6, 6.07) is 0. The number of nitrogens with zero attached hydrogens (tertiary/aromatic N) is 3. The molecule has 2 N–H and O–H groups in total. The lowest BCUT2D eigenvalue weighted by atomic mass is 10.1. The van der Waals surface area contributed by atoms with E-state index in [2.05, 4.69) is 31.2 Å². The number of aryl methyl sites for hydroxylation is 1. The smallest absolute Gasteiger partial charge is 0.0876 e. The number of aromatic amines is 1. The molecule has 2 aromatic heterocycles. The maximum absolute atomic E-state index is 9.91. The van der Waals surface area contributed by atoms with Crippen LogP contribution in [-0.2, 0) is 13.5 Å². The van der Waals surface area contributed by atoms with Crippen LogP contribution < -0.4 is 0 Å². The zero-order valence-electron chi connectivity index (χ0n) is 8.18. The van der Waals surface area contributed by atoms with Crippen molar-refractivity contribution in [2.75, 3.05) is 0 Å². The molecule has 0 aliphatic rings. The van der Waals surface area contributed by atoms with Crippen LogP contribution in [0.1, 0.15) is 17.4 Å². The molecular formula is C9H11BrN4O. The third-order valence-electron chi connectivity index (χ3n) is 2.30. The second-order valence-electron chi connectivity index (χ2n) is 3.31. The van der Waals surface area contributed by atoms with E-state index in [-0.39, 0.29) is 0 Å². The number of aromatic nitrogens is 4. The predicted molar refractivity (Wildman–Crippen MR) is 58.2 cm³/mol. The maximum atomic E-state index is 9.91. The Balaban J connectivity index is 2.16. The zero-order valence-corrected chi connectivity index (χ0v) is 9.77. The summed E-state index contributed by atoms with van der Waals surface area (Å²) in [5.74, 6) is 0. The molecule has 0 bridgehead atoms. The Labute approximate surface area is 95.2 Å². The third kappa shape index (κ3) is 2.10. The van der Waals surface area contributed by atoms with E-state index in [1.165, 1.54) is 0 Å². The summed E-state index contributed by atoms with van der Waals surface area (Å²) < 4.78 is 2.65. The number of hydrogen-bond donors (Lipinski definition) is 2. The van der Waals surface area contributed by atoms with Gasteiger partial charge in [-0.15, -0.1) is 0 Å². The second kappa shape index (κ2) is 4.16. The first-order chi connectivity index (χ1) is 7.18. The van der Waals surface area contributed by atoms with Crippen molar-refractivity contribution in [1.82, 2.24) is 20.0 Å². The van der Waals surface area contributed by atoms with Crippen molar-refractivity contribution in [2.24, 2.45) is 7.05 Å². The van der Waals surface area contributed by atoms with Gasteiger partial charge in [-0.05, 0) is 15.9 Å². The average molecular weight is 271 g/mol. The Morgan fingerprint density at radius 1 is 1.60 bits per heavy atom. The number of aliphatic hydroxyl groups excluding tert-OH is 1. The fourth-order valence-corrected chi connectivity index (χ4v) is 1.92. The van der Waals surface area contributed by atoms with E-state index >= 15 is 0 Å². The van der Waals surface area contributed by atoms with Crippen LogP contribution in [0.25, 0.3) is 0 Å². The molecule has 2 aromatic rings. The lowest BCUT2D eigenvalue weighted by molar-refractivity contribution is 0.175. The molecule has 0 radical (unpaired) electrons. The Hall–Kier alpha value is -1.14. The molecular weight excluding hydrogens is 260 g/mol. The molecule has 2 rings (SSSR count). The van der Waals surface area contributed by atoms with E-state index in [1.54, 1.807) is 23.3 Å². The van der Waals surface area contributed by atoms with E-state index < -0.39 is 6.10 Å². The van der Waals surface area contributed by atoms with E-state index in [0.717, 1.165) is 15.7 Å². The number of H-pyrrole nitrogens is 1. The van der Waals surface area contributed by atoms with E-state index in [1.807, 2.05) is 7.05 Å². The van der Waals surface area contributed by atoms with Crippen molar-refractivity contribution >= 4 is 15.9 Å². The number of aliphatic hydroxyl groups is 1. The van der Waals surface area contributed by atoms with Gasteiger partial charge < -0.3 is 5.11 Å². The normalized spacial score (nSPS) is 13.0. The van der Waals surface area contributed by atoms with Gasteiger partial charge >= 0.3 is 0 Å². The molecule has 15 heavy (non-hydrogen) atoms. The maximum Gasteiger partial charge on any atom is 0.0876 e. The highest BCUT2D eigenvalue weighted by atomic mass is 79.9. The molecule has 0 aliphatic heterocycles. The summed E-state index contributed by atoms with van der Waals surface area (Å²) in [7, 11) is 1.85. The summed E-state index contributed by atoms with van der Waals surface area (Å²) in [6.07, 6.45) is 4.98. The molecule has 0 saturated carbocycles. The molecule has 0 fully saturated rings. The van der Waals surface area contributed by atoms with Crippen LogP contribution in [0.4, 0.5) is 0 Å². The minimum atomic E-state index is -0.560. The monoisotopic (exact) mass is 270 g/mol. The number of hydrogen-bond acceptors (Lipinski definition) is 3. The van der Waals surface area contributed by atoms with Gasteiger partial charge in [-0.1, -0.05) is 0 Å². The van der Waals surface area contributed by atoms with E-state index in [0.29, 0.717) is 6.42 Å². The van der Waals surface area contributed by atoms with Crippen LogP contribution in [0.5, 0.6) is 0 Å². The predicted octanol–water partition coefficient (Wildman–Crippen LogP) is 1.18. The van der Waals surface area contributed by atoms with Gasteiger partial charge in [0.2, 0.25) is 0 Å². The minimum Gasteiger partial charge on any atom is -0.388 e. The van der Waals surface area contributed by atoms with Crippen molar-refractivity contribution < 1.29 is 5.11 Å². The summed E-state index contributed by atoms with van der Waals surface area (Å²) in [4.78, 5) is 0. The molecule has 2 heterocycles. The van der Waals surface area contributed by atoms with E-state index in [4.69, 9.17) is 0 Å². The lowest BCUT2D eigenvalue weighted by Crippen LogP contribution is -2.06. The molecule has 0 amide bonds. The highest BCUT2D eigenvalue weighted by Crippen LogP contribution is 2.22. The van der Waals surface area contributed by atoms with Gasteiger partial charge in [-0.2, -0.15) is 10.2 Å². The second-order valence-corrected chi connectivity index (χ2v) is 4.17. The number of rotatable bonds is 3. The standard InChI is InChI=1S/C9H11BrN4O/c1-14-8(7(10)5-13-14)2-9(15)6-3-11-12-4-6/h3-5,9,15H,2H2,1H3,(H,11,12). The molecule has 0 aliphatic carbocycles. The Morgan fingerprint density at radius 3 is 2.93 bits per heavy atom. The molecule has 6 heteroatoms. The molecule has 1 unspecified atom stereocenters. The fourth-order valence-electron chi connectivity index (χ4n) is 1.41. The van der Waals surface area contributed by atoms with Crippen LogP contribution in [0.15, 0.2) is 23.1 Å². The van der Waals surface area contributed by atoms with Crippen LogP contribution in [0.2, 0.25) is 0 Å². The lowest BCUT2D eigenvalue weighted by Gasteiger charge is -2.08. The van der Waals surface area contributed by atoms with Crippen LogP contribution >= 0.6 is 15.9 Å². The first kappa shape index (κ1) is 10.4. The Bertz CT molecular complexity index is 417. The van der Waals surface area contributed by atoms with Crippen molar-refractivity contribution in [2.45, 2.75) is 12.5 Å². The Kier molecular flexibility index (Phi) is 2.88. The SMILES string of the molecule is Cn1ncc(Br)c1CC(O)c1cn[nH]c1. The molecule has 0 spiro atoms. The largest absolute Gasteiger partial charge is 0.388 e. The first-order valence-corrected chi connectivity index (χ1v) is 5.31. The van der Waals surface area contributed by atoms with Gasteiger partial charge in [0.15, 0.2) is 0 Å². The van der Waals surface area contributed by atoms with Gasteiger partial charge in [0.1, 0.15) is 0 Å². The summed E-state index contributed by atoms with van der Waals surface area (Å²) in [5, 5.41) is 20.5. The van der Waals surface area contributed by atoms with Gasteiger partial charge in [0, 0.05) is 25.2 Å². The zero-order chi connectivity index (χ0) is 10.8. The molecule has 80 valence electrons. The molecule has 1 atom stereocenters. The van der Waals surface area contributed by atoms with Crippen molar-refractivity contribution in [3.8, 4) is 0 Å². The Morgan fingerprint density at radius 2 is 2.40 bits per heavy atom. The molecule has 0 saturated heterocycles. The van der Waals surface area contributed by atoms with Gasteiger partial charge in [-0.3, -0.25) is 9.78 Å². The summed E-state index contributed by atoms with van der Waals surface area (Å²) in [5.41, 5.74) is 1.74. The third-order valence-corrected chi connectivity index (χ3v) is 2.96. The summed E-state index contributed by atoms with van der Waals surface area (Å²) in [6.45, 7) is 0. The highest BCUT2D eigenvalue weighted by Gasteiger charge is 2.14. The van der Waals surface area contributed by atoms with Gasteiger partial charge in [0.05, 0.1) is 28.7 Å².